The number of fused-ring (bicyclic) bond motifs is 1. The van der Waals surface area contributed by atoms with E-state index in [-0.39, 0.29) is 17.9 Å². The van der Waals surface area contributed by atoms with Crippen molar-refractivity contribution in [3.63, 3.8) is 0 Å². The molecule has 4 aromatic rings. The second-order valence-electron chi connectivity index (χ2n) is 9.34. The highest BCUT2D eigenvalue weighted by molar-refractivity contribution is 5.88. The third-order valence-electron chi connectivity index (χ3n) is 6.84. The van der Waals surface area contributed by atoms with Crippen LogP contribution in [0.25, 0.3) is 38.1 Å². The molecule has 2 aromatic heterocycles. The summed E-state index contributed by atoms with van der Waals surface area (Å²) in [5, 5.41) is 14.5. The minimum Gasteiger partial charge on any atom is -0.394 e. The maximum atomic E-state index is 14.7. The molecule has 184 valence electrons. The lowest BCUT2D eigenvalue weighted by molar-refractivity contribution is 0.270. The minimum absolute atomic E-state index is 0.0294. The van der Waals surface area contributed by atoms with Crippen LogP contribution in [0.2, 0.25) is 0 Å². The van der Waals surface area contributed by atoms with Gasteiger partial charge >= 0.3 is 0 Å². The standard InChI is InChI=1S/C27H27FN6O2/c1-17-8-10-33(11-9-17)27-30-25(19-5-7-23(29-2)21(28)15-19)24(26(36)32(27)3)18-4-6-22-20(14-18)16-34(31-22)12-13-35/h4-7,14-17,35H,8-13H2,1,3H3. The van der Waals surface area contributed by atoms with Gasteiger partial charge in [-0.15, -0.1) is 0 Å². The molecule has 0 saturated carbocycles. The Kier molecular flexibility index (Phi) is 6.29. The van der Waals surface area contributed by atoms with Crippen molar-refractivity contribution >= 4 is 22.5 Å². The molecule has 1 fully saturated rings. The van der Waals surface area contributed by atoms with Gasteiger partial charge in [-0.1, -0.05) is 25.1 Å². The Labute approximate surface area is 208 Å². The van der Waals surface area contributed by atoms with Gasteiger partial charge in [0.25, 0.3) is 5.56 Å². The van der Waals surface area contributed by atoms with Gasteiger partial charge in [0.1, 0.15) is 5.82 Å². The summed E-state index contributed by atoms with van der Waals surface area (Å²) in [5.41, 5.74) is 2.25. The molecule has 8 nitrogen and oxygen atoms in total. The van der Waals surface area contributed by atoms with E-state index in [0.29, 0.717) is 40.8 Å². The number of hydrogen-bond donors (Lipinski definition) is 1. The summed E-state index contributed by atoms with van der Waals surface area (Å²) in [7, 11) is 1.72. The molecule has 0 radical (unpaired) electrons. The number of rotatable bonds is 5. The Morgan fingerprint density at radius 2 is 1.92 bits per heavy atom. The number of aromatic nitrogens is 4. The number of aliphatic hydroxyl groups is 1. The molecule has 1 aliphatic rings. The van der Waals surface area contributed by atoms with Crippen LogP contribution in [0.5, 0.6) is 0 Å². The average molecular weight is 487 g/mol. The Hall–Kier alpha value is -4.03. The van der Waals surface area contributed by atoms with Crippen LogP contribution in [0, 0.1) is 18.3 Å². The van der Waals surface area contributed by atoms with Crippen LogP contribution in [0.1, 0.15) is 19.8 Å². The molecule has 1 N–H and O–H groups in total. The van der Waals surface area contributed by atoms with Gasteiger partial charge in [0.05, 0.1) is 36.5 Å². The van der Waals surface area contributed by atoms with E-state index < -0.39 is 5.82 Å². The van der Waals surface area contributed by atoms with Crippen LogP contribution in [0.3, 0.4) is 0 Å². The van der Waals surface area contributed by atoms with Crippen molar-refractivity contribution in [3.8, 4) is 22.4 Å². The molecule has 9 heteroatoms. The summed E-state index contributed by atoms with van der Waals surface area (Å²) < 4.78 is 17.9. The number of aliphatic hydroxyl groups excluding tert-OH is 1. The zero-order chi connectivity index (χ0) is 25.4. The summed E-state index contributed by atoms with van der Waals surface area (Å²) in [6.07, 6.45) is 3.84. The van der Waals surface area contributed by atoms with E-state index in [9.17, 15) is 14.3 Å². The molecule has 1 aliphatic heterocycles. The predicted molar refractivity (Wildman–Crippen MR) is 138 cm³/mol. The number of nitrogens with zero attached hydrogens (tertiary/aromatic N) is 6. The van der Waals surface area contributed by atoms with E-state index in [1.54, 1.807) is 22.4 Å². The lowest BCUT2D eigenvalue weighted by Crippen LogP contribution is -2.38. The summed E-state index contributed by atoms with van der Waals surface area (Å²) in [5.74, 6) is 0.521. The molecule has 0 bridgehead atoms. The molecule has 0 aliphatic carbocycles. The second-order valence-corrected chi connectivity index (χ2v) is 9.34. The van der Waals surface area contributed by atoms with Gasteiger partial charge in [-0.05, 0) is 42.5 Å². The Balaban J connectivity index is 1.72. The second kappa shape index (κ2) is 9.55. The molecule has 1 saturated heterocycles. The van der Waals surface area contributed by atoms with E-state index in [2.05, 4.69) is 21.8 Å². The lowest BCUT2D eigenvalue weighted by atomic mass is 9.98. The van der Waals surface area contributed by atoms with Gasteiger partial charge in [-0.25, -0.2) is 14.2 Å². The summed E-state index contributed by atoms with van der Waals surface area (Å²) >= 11 is 0. The van der Waals surface area contributed by atoms with Gasteiger partial charge in [0.2, 0.25) is 11.6 Å². The summed E-state index contributed by atoms with van der Waals surface area (Å²) in [6.45, 7) is 11.3. The van der Waals surface area contributed by atoms with Crippen molar-refractivity contribution in [2.75, 3.05) is 24.6 Å². The summed E-state index contributed by atoms with van der Waals surface area (Å²) in [6, 6.07) is 9.84. The maximum absolute atomic E-state index is 14.7. The largest absolute Gasteiger partial charge is 0.394 e. The molecule has 0 amide bonds. The van der Waals surface area contributed by atoms with Crippen molar-refractivity contribution in [1.29, 1.82) is 0 Å². The van der Waals surface area contributed by atoms with Gasteiger partial charge < -0.3 is 10.0 Å². The van der Waals surface area contributed by atoms with E-state index in [1.165, 1.54) is 12.1 Å². The highest BCUT2D eigenvalue weighted by Crippen LogP contribution is 2.34. The van der Waals surface area contributed by atoms with E-state index >= 15 is 0 Å². The molecule has 0 unspecified atom stereocenters. The van der Waals surface area contributed by atoms with Gasteiger partial charge in [0, 0.05) is 37.3 Å². The smallest absolute Gasteiger partial charge is 0.263 e. The molecule has 0 atom stereocenters. The normalized spacial score (nSPS) is 14.4. The molecule has 2 aromatic carbocycles. The van der Waals surface area contributed by atoms with Crippen molar-refractivity contribution in [2.45, 2.75) is 26.3 Å². The quantitative estimate of drug-likeness (QED) is 0.424. The van der Waals surface area contributed by atoms with Gasteiger partial charge in [0.15, 0.2) is 0 Å². The number of hydrogen-bond acceptors (Lipinski definition) is 5. The first-order chi connectivity index (χ1) is 17.4. The number of halogens is 1. The number of benzene rings is 2. The Bertz CT molecular complexity index is 1540. The fourth-order valence-corrected chi connectivity index (χ4v) is 4.75. The first-order valence-corrected chi connectivity index (χ1v) is 12.0. The van der Waals surface area contributed by atoms with Crippen molar-refractivity contribution in [1.82, 2.24) is 19.3 Å². The molecule has 3 heterocycles. The van der Waals surface area contributed by atoms with Crippen LogP contribution in [-0.4, -0.2) is 44.1 Å². The zero-order valence-electron chi connectivity index (χ0n) is 20.3. The minimum atomic E-state index is -0.648. The van der Waals surface area contributed by atoms with E-state index in [0.717, 1.165) is 36.8 Å². The third-order valence-corrected chi connectivity index (χ3v) is 6.84. The number of anilines is 1. The highest BCUT2D eigenvalue weighted by Gasteiger charge is 2.24. The topological polar surface area (TPSA) is 80.5 Å². The van der Waals surface area contributed by atoms with Crippen LogP contribution in [0.4, 0.5) is 16.0 Å². The van der Waals surface area contributed by atoms with Crippen LogP contribution in [0.15, 0.2) is 47.4 Å². The highest BCUT2D eigenvalue weighted by atomic mass is 19.1. The molecule has 36 heavy (non-hydrogen) atoms. The van der Waals surface area contributed by atoms with E-state index in [1.807, 2.05) is 24.4 Å². The van der Waals surface area contributed by atoms with Gasteiger partial charge in [-0.3, -0.25) is 14.0 Å². The Morgan fingerprint density at radius 3 is 2.61 bits per heavy atom. The van der Waals surface area contributed by atoms with Gasteiger partial charge in [-0.2, -0.15) is 5.10 Å². The number of piperidine rings is 1. The zero-order valence-corrected chi connectivity index (χ0v) is 20.3. The Morgan fingerprint density at radius 1 is 1.17 bits per heavy atom. The lowest BCUT2D eigenvalue weighted by Gasteiger charge is -2.32. The monoisotopic (exact) mass is 486 g/mol. The fourth-order valence-electron chi connectivity index (χ4n) is 4.75. The first-order valence-electron chi connectivity index (χ1n) is 12.0. The van der Waals surface area contributed by atoms with E-state index in [4.69, 9.17) is 11.6 Å². The van der Waals surface area contributed by atoms with Crippen molar-refractivity contribution in [3.05, 3.63) is 70.2 Å². The van der Waals surface area contributed by atoms with Crippen LogP contribution in [-0.2, 0) is 13.6 Å². The molecule has 5 rings (SSSR count). The molecule has 0 spiro atoms. The van der Waals surface area contributed by atoms with Crippen molar-refractivity contribution < 1.29 is 9.50 Å². The fraction of sp³-hybridized carbons (Fsp3) is 0.333. The third kappa shape index (κ3) is 4.25. The van der Waals surface area contributed by atoms with Crippen LogP contribution >= 0.6 is 0 Å². The van der Waals surface area contributed by atoms with Crippen molar-refractivity contribution in [2.24, 2.45) is 13.0 Å². The molecular weight excluding hydrogens is 459 g/mol. The molecular formula is C27H27FN6O2. The first kappa shape index (κ1) is 23.7. The maximum Gasteiger partial charge on any atom is 0.263 e. The average Bonchev–Trinajstić information content (AvgIpc) is 3.28. The van der Waals surface area contributed by atoms with Crippen LogP contribution < -0.4 is 10.5 Å². The SMILES string of the molecule is [C-]#[N+]c1ccc(-c2nc(N3CCC(C)CC3)n(C)c(=O)c2-c2ccc3nn(CCO)cc3c2)cc1F. The predicted octanol–water partition coefficient (Wildman–Crippen LogP) is 4.38. The summed E-state index contributed by atoms with van der Waals surface area (Å²) in [4.78, 5) is 24.1.